The molecule has 1 heteroatoms. The van der Waals surface area contributed by atoms with E-state index < -0.39 is 0 Å². The van der Waals surface area contributed by atoms with Gasteiger partial charge in [-0.15, -0.1) is 0 Å². The van der Waals surface area contributed by atoms with Gasteiger partial charge in [0.05, 0.1) is 11.4 Å². The topological polar surface area (TPSA) is 12.9 Å². The van der Waals surface area contributed by atoms with Crippen molar-refractivity contribution in [3.63, 3.8) is 0 Å². The van der Waals surface area contributed by atoms with Crippen molar-refractivity contribution in [2.75, 3.05) is 0 Å². The normalized spacial score (nSPS) is 11.5. The Balaban J connectivity index is 1.15. The largest absolute Gasteiger partial charge is 0.248 e. The van der Waals surface area contributed by atoms with E-state index >= 15 is 0 Å². The van der Waals surface area contributed by atoms with Gasteiger partial charge in [-0.1, -0.05) is 189 Å². The van der Waals surface area contributed by atoms with E-state index in [9.17, 15) is 0 Å². The fourth-order valence-corrected chi connectivity index (χ4v) is 9.08. The van der Waals surface area contributed by atoms with Crippen molar-refractivity contribution >= 4 is 43.1 Å². The Kier molecular flexibility index (Phi) is 8.86. The van der Waals surface area contributed by atoms with Gasteiger partial charge in [-0.3, -0.25) is 0 Å². The Labute approximate surface area is 350 Å². The highest BCUT2D eigenvalue weighted by Crippen LogP contribution is 2.46. The lowest BCUT2D eigenvalue weighted by Crippen LogP contribution is -1.94. The molecule has 1 nitrogen and oxygen atoms in total. The molecule has 1 aromatic heterocycles. The summed E-state index contributed by atoms with van der Waals surface area (Å²) in [7, 11) is 0. The molecular formula is C59H41N. The first-order chi connectivity index (χ1) is 29.7. The van der Waals surface area contributed by atoms with Gasteiger partial charge in [0.1, 0.15) is 0 Å². The molecule has 282 valence electrons. The minimum Gasteiger partial charge on any atom is -0.248 e. The van der Waals surface area contributed by atoms with Crippen LogP contribution in [0.2, 0.25) is 0 Å². The Morgan fingerprint density at radius 2 is 0.767 bits per heavy atom. The van der Waals surface area contributed by atoms with Crippen molar-refractivity contribution in [2.45, 2.75) is 13.3 Å². The summed E-state index contributed by atoms with van der Waals surface area (Å²) >= 11 is 0. The first-order valence-corrected chi connectivity index (χ1v) is 20.9. The molecule has 11 aromatic rings. The van der Waals surface area contributed by atoms with Gasteiger partial charge in [-0.25, -0.2) is 4.98 Å². The molecule has 0 radical (unpaired) electrons. The maximum absolute atomic E-state index is 5.28. The zero-order valence-corrected chi connectivity index (χ0v) is 33.4. The van der Waals surface area contributed by atoms with Crippen molar-refractivity contribution < 1.29 is 0 Å². The molecule has 10 aromatic carbocycles. The van der Waals surface area contributed by atoms with Gasteiger partial charge in [0.15, 0.2) is 0 Å². The van der Waals surface area contributed by atoms with E-state index in [0.717, 1.165) is 40.1 Å². The molecule has 0 aliphatic carbocycles. The molecule has 0 spiro atoms. The number of hydrogen-bond acceptors (Lipinski definition) is 1. The lowest BCUT2D eigenvalue weighted by molar-refractivity contribution is 1.15. The first-order valence-electron chi connectivity index (χ1n) is 20.9. The highest BCUT2D eigenvalue weighted by atomic mass is 14.7. The van der Waals surface area contributed by atoms with E-state index in [1.165, 1.54) is 82.0 Å². The van der Waals surface area contributed by atoms with Crippen LogP contribution in [-0.2, 0) is 6.42 Å². The van der Waals surface area contributed by atoms with E-state index in [-0.39, 0.29) is 0 Å². The summed E-state index contributed by atoms with van der Waals surface area (Å²) in [4.78, 5) is 5.28. The van der Waals surface area contributed by atoms with Crippen molar-refractivity contribution in [1.29, 1.82) is 0 Å². The second-order valence-corrected chi connectivity index (χ2v) is 15.8. The molecule has 0 saturated carbocycles. The monoisotopic (exact) mass is 763 g/mol. The second-order valence-electron chi connectivity index (χ2n) is 15.8. The highest BCUT2D eigenvalue weighted by molar-refractivity contribution is 6.22. The highest BCUT2D eigenvalue weighted by Gasteiger charge is 2.19. The summed E-state index contributed by atoms with van der Waals surface area (Å²) in [6.07, 6.45) is 0.974. The molecular weight excluding hydrogens is 723 g/mol. The Bertz CT molecular complexity index is 3340. The Hall–Kier alpha value is -7.61. The molecule has 0 N–H and O–H groups in total. The van der Waals surface area contributed by atoms with Gasteiger partial charge in [-0.05, 0) is 136 Å². The van der Waals surface area contributed by atoms with Gasteiger partial charge in [0.25, 0.3) is 0 Å². The average molecular weight is 764 g/mol. The van der Waals surface area contributed by atoms with Crippen LogP contribution in [0.4, 0.5) is 0 Å². The number of fused-ring (bicyclic) bond motifs is 4. The van der Waals surface area contributed by atoms with Crippen molar-refractivity contribution in [1.82, 2.24) is 4.98 Å². The molecule has 60 heavy (non-hydrogen) atoms. The van der Waals surface area contributed by atoms with E-state index in [1.807, 2.05) is 0 Å². The molecule has 0 amide bonds. The summed E-state index contributed by atoms with van der Waals surface area (Å²) < 4.78 is 0. The predicted octanol–water partition coefficient (Wildman–Crippen LogP) is 16.3. The van der Waals surface area contributed by atoms with Crippen LogP contribution in [0.3, 0.4) is 0 Å². The van der Waals surface area contributed by atoms with Crippen molar-refractivity contribution in [3.05, 3.63) is 224 Å². The number of pyridine rings is 1. The number of benzene rings is 10. The van der Waals surface area contributed by atoms with E-state index in [4.69, 9.17) is 4.98 Å². The summed E-state index contributed by atoms with van der Waals surface area (Å²) in [5.74, 6) is 0. The third kappa shape index (κ3) is 6.42. The van der Waals surface area contributed by atoms with Gasteiger partial charge in [-0.2, -0.15) is 0 Å². The van der Waals surface area contributed by atoms with Gasteiger partial charge in [0.2, 0.25) is 0 Å². The summed E-state index contributed by atoms with van der Waals surface area (Å²) in [5, 5.41) is 10.0. The predicted molar refractivity (Wildman–Crippen MR) is 256 cm³/mol. The zero-order chi connectivity index (χ0) is 40.0. The molecule has 11 rings (SSSR count). The van der Waals surface area contributed by atoms with Gasteiger partial charge >= 0.3 is 0 Å². The molecule has 0 aliphatic rings. The Morgan fingerprint density at radius 1 is 0.283 bits per heavy atom. The maximum Gasteiger partial charge on any atom is 0.0715 e. The lowest BCUT2D eigenvalue weighted by Gasteiger charge is -2.20. The average Bonchev–Trinajstić information content (AvgIpc) is 3.33. The van der Waals surface area contributed by atoms with Crippen molar-refractivity contribution in [3.8, 4) is 67.0 Å². The van der Waals surface area contributed by atoms with Crippen LogP contribution in [0.25, 0.3) is 110 Å². The number of aromatic nitrogens is 1. The quantitative estimate of drug-likeness (QED) is 0.147. The van der Waals surface area contributed by atoms with Crippen LogP contribution in [0, 0.1) is 0 Å². The van der Waals surface area contributed by atoms with Crippen LogP contribution in [0.5, 0.6) is 0 Å². The van der Waals surface area contributed by atoms with Crippen molar-refractivity contribution in [2.24, 2.45) is 0 Å². The SMILES string of the molecule is CCc1ccc2c(-c3ccc4ccccc4c3)c3cc(-c4cccc(-c5cc(-c6ccccc6)cc(-c6ccccc6)n5)c4)ccc3c(-c3ccc4ccccc4c3)c2c1. The summed E-state index contributed by atoms with van der Waals surface area (Å²) in [5.41, 5.74) is 15.1. The molecule has 0 unspecified atom stereocenters. The molecule has 0 atom stereocenters. The van der Waals surface area contributed by atoms with E-state index in [1.54, 1.807) is 0 Å². The fourth-order valence-electron chi connectivity index (χ4n) is 9.08. The van der Waals surface area contributed by atoms with Gasteiger partial charge in [0, 0.05) is 11.1 Å². The zero-order valence-electron chi connectivity index (χ0n) is 33.4. The molecule has 0 bridgehead atoms. The molecule has 0 aliphatic heterocycles. The van der Waals surface area contributed by atoms with Crippen LogP contribution in [0.1, 0.15) is 12.5 Å². The van der Waals surface area contributed by atoms with E-state index in [0.29, 0.717) is 0 Å². The molecule has 0 fully saturated rings. The number of hydrogen-bond donors (Lipinski definition) is 0. The minimum atomic E-state index is 0.950. The maximum atomic E-state index is 5.28. The summed E-state index contributed by atoms with van der Waals surface area (Å²) in [6, 6.07) is 79.9. The van der Waals surface area contributed by atoms with Crippen LogP contribution < -0.4 is 0 Å². The minimum absolute atomic E-state index is 0.950. The Morgan fingerprint density at radius 3 is 1.40 bits per heavy atom. The van der Waals surface area contributed by atoms with Crippen LogP contribution in [-0.4, -0.2) is 4.98 Å². The number of rotatable bonds is 7. The summed E-state index contributed by atoms with van der Waals surface area (Å²) in [6.45, 7) is 2.25. The first kappa shape index (κ1) is 35.5. The third-order valence-corrected chi connectivity index (χ3v) is 12.2. The lowest BCUT2D eigenvalue weighted by atomic mass is 9.83. The number of nitrogens with zero attached hydrogens (tertiary/aromatic N) is 1. The fraction of sp³-hybridized carbons (Fsp3) is 0.0339. The molecule has 0 saturated heterocycles. The van der Waals surface area contributed by atoms with Gasteiger partial charge < -0.3 is 0 Å². The second kappa shape index (κ2) is 15.0. The smallest absolute Gasteiger partial charge is 0.0715 e. The standard InChI is InChI=1S/C59H41N/c1-2-39-24-30-52-54(32-39)58(49-27-25-41-16-9-11-20-44(41)34-49)53-31-29-47(36-55(53)59(52)50-28-26-42-17-10-12-21-45(42)35-50)46-22-13-23-48(33-46)57-38-51(40-14-5-3-6-15-40)37-56(60-57)43-18-7-4-8-19-43/h3-38H,2H2,1H3. The molecule has 1 heterocycles. The van der Waals surface area contributed by atoms with Crippen LogP contribution in [0.15, 0.2) is 218 Å². The van der Waals surface area contributed by atoms with Crippen LogP contribution >= 0.6 is 0 Å². The third-order valence-electron chi connectivity index (χ3n) is 12.2. The van der Waals surface area contributed by atoms with E-state index in [2.05, 4.69) is 225 Å². The number of aryl methyl sites for hydroxylation is 1.